The van der Waals surface area contributed by atoms with Crippen molar-refractivity contribution in [3.8, 4) is 0 Å². The molecule has 1 saturated carbocycles. The molecule has 2 atom stereocenters. The summed E-state index contributed by atoms with van der Waals surface area (Å²) in [5.74, 6) is 0.747. The Morgan fingerprint density at radius 2 is 1.68 bits per heavy atom. The van der Waals surface area contributed by atoms with Gasteiger partial charge in [-0.05, 0) is 68.5 Å². The summed E-state index contributed by atoms with van der Waals surface area (Å²) in [6.45, 7) is 8.00. The molecule has 6 nitrogen and oxygen atoms in total. The van der Waals surface area contributed by atoms with Crippen LogP contribution in [0.4, 0.5) is 0 Å². The van der Waals surface area contributed by atoms with Crippen molar-refractivity contribution < 1.29 is 13.2 Å². The zero-order valence-electron chi connectivity index (χ0n) is 18.6. The summed E-state index contributed by atoms with van der Waals surface area (Å²) in [6, 6.07) is 8.78. The quantitative estimate of drug-likeness (QED) is 0.715. The van der Waals surface area contributed by atoms with E-state index in [0.717, 1.165) is 71.2 Å². The fourth-order valence-corrected chi connectivity index (χ4v) is 8.46. The molecule has 4 fully saturated rings. The van der Waals surface area contributed by atoms with Crippen LogP contribution in [0.3, 0.4) is 0 Å². The van der Waals surface area contributed by atoms with Gasteiger partial charge in [0.15, 0.2) is 0 Å². The molecular weight excluding hydrogens is 410 g/mol. The normalized spacial score (nSPS) is 31.4. The van der Waals surface area contributed by atoms with Crippen LogP contribution in [0.2, 0.25) is 0 Å². The van der Waals surface area contributed by atoms with E-state index in [-0.39, 0.29) is 10.8 Å². The van der Waals surface area contributed by atoms with Crippen LogP contribution in [0.25, 0.3) is 0 Å². The standard InChI is InChI=1S/C24H35N3O3S/c1-2-25-18-21-23(10-11-24(21,19-25)22(28)26-14-6-7-15-26)12-16-27(17-13-23)31(29,30)20-8-4-3-5-9-20/h3-5,8-9,21H,2,6-7,10-19H2,1H3/t21-,24+/m0/s1. The van der Waals surface area contributed by atoms with Gasteiger partial charge in [-0.3, -0.25) is 4.79 Å². The van der Waals surface area contributed by atoms with Crippen LogP contribution >= 0.6 is 0 Å². The molecule has 3 heterocycles. The molecule has 0 aromatic heterocycles. The molecular formula is C24H35N3O3S. The third-order valence-electron chi connectivity index (χ3n) is 8.79. The van der Waals surface area contributed by atoms with Gasteiger partial charge in [-0.2, -0.15) is 4.31 Å². The second-order valence-electron chi connectivity index (χ2n) is 10.1. The van der Waals surface area contributed by atoms with Gasteiger partial charge in [-0.25, -0.2) is 8.42 Å². The van der Waals surface area contributed by atoms with Crippen molar-refractivity contribution >= 4 is 15.9 Å². The molecule has 3 saturated heterocycles. The molecule has 1 aromatic carbocycles. The van der Waals surface area contributed by atoms with E-state index in [1.807, 2.05) is 6.07 Å². The van der Waals surface area contributed by atoms with Crippen LogP contribution in [0.1, 0.15) is 45.4 Å². The van der Waals surface area contributed by atoms with Gasteiger partial charge in [0.25, 0.3) is 0 Å². The highest BCUT2D eigenvalue weighted by atomic mass is 32.2. The Bertz CT molecular complexity index is 921. The summed E-state index contributed by atoms with van der Waals surface area (Å²) in [7, 11) is -3.44. The number of fused-ring (bicyclic) bond motifs is 2. The molecule has 3 aliphatic heterocycles. The molecule has 31 heavy (non-hydrogen) atoms. The lowest BCUT2D eigenvalue weighted by molar-refractivity contribution is -0.142. The molecule has 0 radical (unpaired) electrons. The fraction of sp³-hybridized carbons (Fsp3) is 0.708. The number of benzene rings is 1. The van der Waals surface area contributed by atoms with E-state index in [2.05, 4.69) is 16.7 Å². The summed E-state index contributed by atoms with van der Waals surface area (Å²) in [5.41, 5.74) is -0.150. The Balaban J connectivity index is 1.37. The second-order valence-corrected chi connectivity index (χ2v) is 12.1. The van der Waals surface area contributed by atoms with Gasteiger partial charge in [0, 0.05) is 39.3 Å². The SMILES string of the molecule is CCN1C[C@H]2C3(CCN(S(=O)(=O)c4ccccc4)CC3)CC[C@@]2(C(=O)N2CCCC2)C1. The maximum atomic E-state index is 13.7. The summed E-state index contributed by atoms with van der Waals surface area (Å²) in [6.07, 6.45) is 6.03. The zero-order chi connectivity index (χ0) is 21.7. The summed E-state index contributed by atoms with van der Waals surface area (Å²) in [4.78, 5) is 18.7. The monoisotopic (exact) mass is 445 g/mol. The summed E-state index contributed by atoms with van der Waals surface area (Å²) in [5, 5.41) is 0. The van der Waals surface area contributed by atoms with Crippen molar-refractivity contribution in [1.82, 2.24) is 14.1 Å². The van der Waals surface area contributed by atoms with Crippen molar-refractivity contribution in [1.29, 1.82) is 0 Å². The highest BCUT2D eigenvalue weighted by Crippen LogP contribution is 2.62. The Hall–Kier alpha value is -1.44. The topological polar surface area (TPSA) is 60.9 Å². The average Bonchev–Trinajstić information content (AvgIpc) is 3.52. The number of carbonyl (C=O) groups is 1. The number of nitrogens with zero attached hydrogens (tertiary/aromatic N) is 3. The number of piperidine rings is 1. The molecule has 1 amide bonds. The number of hydrogen-bond acceptors (Lipinski definition) is 4. The molecule has 7 heteroatoms. The van der Waals surface area contributed by atoms with Crippen molar-refractivity contribution in [2.45, 2.75) is 50.3 Å². The molecule has 1 spiro atoms. The van der Waals surface area contributed by atoms with Gasteiger partial charge < -0.3 is 9.80 Å². The minimum Gasteiger partial charge on any atom is -0.342 e. The third kappa shape index (κ3) is 3.35. The van der Waals surface area contributed by atoms with Crippen LogP contribution in [-0.2, 0) is 14.8 Å². The zero-order valence-corrected chi connectivity index (χ0v) is 19.4. The lowest BCUT2D eigenvalue weighted by Crippen LogP contribution is -2.50. The smallest absolute Gasteiger partial charge is 0.243 e. The second kappa shape index (κ2) is 7.85. The highest BCUT2D eigenvalue weighted by Gasteiger charge is 2.65. The summed E-state index contributed by atoms with van der Waals surface area (Å²) < 4.78 is 27.9. The summed E-state index contributed by atoms with van der Waals surface area (Å²) >= 11 is 0. The number of likely N-dealkylation sites (tertiary alicyclic amines) is 2. The van der Waals surface area contributed by atoms with Crippen LogP contribution in [-0.4, -0.2) is 74.2 Å². The van der Waals surface area contributed by atoms with Gasteiger partial charge in [-0.15, -0.1) is 0 Å². The van der Waals surface area contributed by atoms with E-state index in [0.29, 0.717) is 29.8 Å². The van der Waals surface area contributed by atoms with Gasteiger partial charge >= 0.3 is 0 Å². The van der Waals surface area contributed by atoms with Crippen molar-refractivity contribution in [2.75, 3.05) is 45.8 Å². The molecule has 0 N–H and O–H groups in total. The van der Waals surface area contributed by atoms with Gasteiger partial charge in [0.2, 0.25) is 15.9 Å². The lowest BCUT2D eigenvalue weighted by Gasteiger charge is -2.44. The van der Waals surface area contributed by atoms with Crippen LogP contribution in [0, 0.1) is 16.7 Å². The first-order chi connectivity index (χ1) is 14.9. The minimum absolute atomic E-state index is 0.0992. The molecule has 0 unspecified atom stereocenters. The number of carbonyl (C=O) groups excluding carboxylic acids is 1. The van der Waals surface area contributed by atoms with Gasteiger partial charge in [-0.1, -0.05) is 25.1 Å². The van der Waals surface area contributed by atoms with Crippen molar-refractivity contribution in [3.05, 3.63) is 30.3 Å². The van der Waals surface area contributed by atoms with Crippen LogP contribution in [0.5, 0.6) is 0 Å². The van der Waals surface area contributed by atoms with Crippen LogP contribution < -0.4 is 0 Å². The van der Waals surface area contributed by atoms with Crippen molar-refractivity contribution in [2.24, 2.45) is 16.7 Å². The lowest BCUT2D eigenvalue weighted by atomic mass is 9.66. The molecule has 0 bridgehead atoms. The van der Waals surface area contributed by atoms with Gasteiger partial charge in [0.05, 0.1) is 10.3 Å². The predicted molar refractivity (Wildman–Crippen MR) is 120 cm³/mol. The maximum Gasteiger partial charge on any atom is 0.243 e. The molecule has 5 rings (SSSR count). The first-order valence-corrected chi connectivity index (χ1v) is 13.4. The maximum absolute atomic E-state index is 13.7. The predicted octanol–water partition coefficient (Wildman–Crippen LogP) is 2.81. The molecule has 4 aliphatic rings. The first kappa shape index (κ1) is 21.4. The van der Waals surface area contributed by atoms with Crippen molar-refractivity contribution in [3.63, 3.8) is 0 Å². The molecule has 1 aliphatic carbocycles. The number of sulfonamides is 1. The van der Waals surface area contributed by atoms with Gasteiger partial charge in [0.1, 0.15) is 0 Å². The Labute approximate surface area is 186 Å². The van der Waals surface area contributed by atoms with E-state index in [1.165, 1.54) is 0 Å². The van der Waals surface area contributed by atoms with E-state index in [1.54, 1.807) is 28.6 Å². The van der Waals surface area contributed by atoms with E-state index < -0.39 is 10.0 Å². The van der Waals surface area contributed by atoms with E-state index in [4.69, 9.17) is 0 Å². The third-order valence-corrected chi connectivity index (χ3v) is 10.7. The fourth-order valence-electron chi connectivity index (χ4n) is 7.00. The Morgan fingerprint density at radius 1 is 1.00 bits per heavy atom. The minimum atomic E-state index is -3.44. The van der Waals surface area contributed by atoms with E-state index >= 15 is 0 Å². The highest BCUT2D eigenvalue weighted by molar-refractivity contribution is 7.89. The number of amides is 1. The average molecular weight is 446 g/mol. The van der Waals surface area contributed by atoms with E-state index in [9.17, 15) is 13.2 Å². The first-order valence-electron chi connectivity index (χ1n) is 12.0. The molecule has 170 valence electrons. The Morgan fingerprint density at radius 3 is 2.32 bits per heavy atom. The number of rotatable bonds is 4. The number of hydrogen-bond donors (Lipinski definition) is 0. The molecule has 1 aromatic rings. The van der Waals surface area contributed by atoms with Crippen LogP contribution in [0.15, 0.2) is 35.2 Å². The largest absolute Gasteiger partial charge is 0.342 e. The Kier molecular flexibility index (Phi) is 5.42.